The van der Waals surface area contributed by atoms with Crippen LogP contribution in [0.3, 0.4) is 0 Å². The zero-order valence-corrected chi connectivity index (χ0v) is 10.7. The topological polar surface area (TPSA) is 38.3 Å². The third-order valence-electron chi connectivity index (χ3n) is 2.51. The van der Waals surface area contributed by atoms with Crippen LogP contribution in [0, 0.1) is 0 Å². The van der Waals surface area contributed by atoms with Crippen LogP contribution in [0.1, 0.15) is 33.6 Å². The molecule has 0 aliphatic carbocycles. The lowest BCUT2D eigenvalue weighted by molar-refractivity contribution is -0.127. The lowest BCUT2D eigenvalue weighted by Gasteiger charge is -2.22. The van der Waals surface area contributed by atoms with E-state index < -0.39 is 0 Å². The normalized spacial score (nSPS) is 25.9. The molecule has 1 amide bonds. The Labute approximate surface area is 96.3 Å². The Morgan fingerprint density at radius 1 is 1.60 bits per heavy atom. The molecule has 0 saturated carbocycles. The Hall–Kier alpha value is -0.220. The quantitative estimate of drug-likeness (QED) is 0.784. The first-order valence-electron chi connectivity index (χ1n) is 5.54. The van der Waals surface area contributed by atoms with Gasteiger partial charge in [0.2, 0.25) is 5.91 Å². The zero-order valence-electron chi connectivity index (χ0n) is 9.84. The van der Waals surface area contributed by atoms with E-state index in [2.05, 4.69) is 12.2 Å². The van der Waals surface area contributed by atoms with E-state index in [1.807, 2.05) is 25.6 Å². The van der Waals surface area contributed by atoms with E-state index in [-0.39, 0.29) is 23.4 Å². The maximum absolute atomic E-state index is 11.4. The smallest absolute Gasteiger partial charge is 0.246 e. The van der Waals surface area contributed by atoms with Gasteiger partial charge in [0.1, 0.15) is 6.61 Å². The first-order valence-corrected chi connectivity index (χ1v) is 6.53. The molecule has 4 heteroatoms. The van der Waals surface area contributed by atoms with E-state index in [0.717, 1.165) is 6.54 Å². The molecule has 88 valence electrons. The van der Waals surface area contributed by atoms with Crippen LogP contribution in [0.15, 0.2) is 0 Å². The van der Waals surface area contributed by atoms with Gasteiger partial charge in [-0.3, -0.25) is 4.79 Å². The summed E-state index contributed by atoms with van der Waals surface area (Å²) >= 11 is 1.96. The largest absolute Gasteiger partial charge is 0.369 e. The van der Waals surface area contributed by atoms with Gasteiger partial charge < -0.3 is 10.1 Å². The first kappa shape index (κ1) is 12.8. The number of carbonyl (C=O) groups is 1. The fraction of sp³-hybridized carbons (Fsp3) is 0.909. The molecule has 0 spiro atoms. The summed E-state index contributed by atoms with van der Waals surface area (Å²) in [4.78, 5) is 11.4. The molecular weight excluding hydrogens is 210 g/mol. The van der Waals surface area contributed by atoms with Crippen molar-refractivity contribution in [1.82, 2.24) is 5.32 Å². The summed E-state index contributed by atoms with van der Waals surface area (Å²) in [7, 11) is 0. The van der Waals surface area contributed by atoms with Crippen molar-refractivity contribution in [3.8, 4) is 0 Å². The van der Waals surface area contributed by atoms with Crippen LogP contribution < -0.4 is 5.32 Å². The number of ether oxygens (including phenoxy) is 1. The standard InChI is InChI=1S/C11H21NO2S/c1-9(2)14-7-10(13)12-8-11(3)5-4-6-15-11/h9H,4-8H2,1-3H3,(H,12,13). The number of rotatable bonds is 5. The molecule has 0 aromatic carbocycles. The third-order valence-corrected chi connectivity index (χ3v) is 4.05. The van der Waals surface area contributed by atoms with E-state index in [1.165, 1.54) is 18.6 Å². The molecule has 3 nitrogen and oxygen atoms in total. The van der Waals surface area contributed by atoms with Gasteiger partial charge in [-0.2, -0.15) is 11.8 Å². The third kappa shape index (κ3) is 4.89. The summed E-state index contributed by atoms with van der Waals surface area (Å²) in [6, 6.07) is 0. The highest BCUT2D eigenvalue weighted by Crippen LogP contribution is 2.36. The van der Waals surface area contributed by atoms with Crippen LogP contribution in [0.25, 0.3) is 0 Å². The molecular formula is C11H21NO2S. The average Bonchev–Trinajstić information content (AvgIpc) is 2.60. The molecule has 0 bridgehead atoms. The van der Waals surface area contributed by atoms with Gasteiger partial charge in [-0.05, 0) is 39.4 Å². The molecule has 0 aromatic rings. The van der Waals surface area contributed by atoms with Gasteiger partial charge in [0.25, 0.3) is 0 Å². The van der Waals surface area contributed by atoms with E-state index in [9.17, 15) is 4.79 Å². The highest BCUT2D eigenvalue weighted by atomic mass is 32.2. The number of thioether (sulfide) groups is 1. The molecule has 1 heterocycles. The van der Waals surface area contributed by atoms with Crippen molar-refractivity contribution >= 4 is 17.7 Å². The predicted octanol–water partition coefficient (Wildman–Crippen LogP) is 1.81. The molecule has 1 unspecified atom stereocenters. The molecule has 0 aromatic heterocycles. The minimum absolute atomic E-state index is 0.00238. The molecule has 1 saturated heterocycles. The molecule has 1 aliphatic rings. The summed E-state index contributed by atoms with van der Waals surface area (Å²) in [6.45, 7) is 7.02. The predicted molar refractivity (Wildman–Crippen MR) is 64.2 cm³/mol. The average molecular weight is 231 g/mol. The van der Waals surface area contributed by atoms with Crippen LogP contribution in [-0.4, -0.2) is 35.7 Å². The number of carbonyl (C=O) groups excluding carboxylic acids is 1. The second kappa shape index (κ2) is 5.75. The molecule has 1 aliphatic heterocycles. The van der Waals surface area contributed by atoms with Crippen molar-refractivity contribution in [2.75, 3.05) is 18.9 Å². The van der Waals surface area contributed by atoms with Gasteiger partial charge >= 0.3 is 0 Å². The van der Waals surface area contributed by atoms with Gasteiger partial charge in [0.05, 0.1) is 6.10 Å². The summed E-state index contributed by atoms with van der Waals surface area (Å²) in [6.07, 6.45) is 2.58. The Bertz CT molecular complexity index is 213. The lowest BCUT2D eigenvalue weighted by atomic mass is 10.1. The Balaban J connectivity index is 2.16. The van der Waals surface area contributed by atoms with Crippen molar-refractivity contribution < 1.29 is 9.53 Å². The van der Waals surface area contributed by atoms with Gasteiger partial charge in [-0.25, -0.2) is 0 Å². The van der Waals surface area contributed by atoms with Gasteiger partial charge in [0, 0.05) is 11.3 Å². The number of nitrogens with one attached hydrogen (secondary N) is 1. The number of hydrogen-bond donors (Lipinski definition) is 1. The summed E-state index contributed by atoms with van der Waals surface area (Å²) in [5.74, 6) is 1.21. The van der Waals surface area contributed by atoms with Crippen LogP contribution in [-0.2, 0) is 9.53 Å². The van der Waals surface area contributed by atoms with Crippen LogP contribution in [0.2, 0.25) is 0 Å². The van der Waals surface area contributed by atoms with Gasteiger partial charge in [0.15, 0.2) is 0 Å². The number of hydrogen-bond acceptors (Lipinski definition) is 3. The van der Waals surface area contributed by atoms with E-state index in [4.69, 9.17) is 4.74 Å². The first-order chi connectivity index (χ1) is 7.02. The highest BCUT2D eigenvalue weighted by molar-refractivity contribution is 8.00. The van der Waals surface area contributed by atoms with Crippen LogP contribution >= 0.6 is 11.8 Å². The molecule has 1 fully saturated rings. The second-order valence-electron chi connectivity index (χ2n) is 4.54. The zero-order chi connectivity index (χ0) is 11.3. The lowest BCUT2D eigenvalue weighted by Crippen LogP contribution is -2.38. The Morgan fingerprint density at radius 3 is 2.87 bits per heavy atom. The maximum atomic E-state index is 11.4. The minimum atomic E-state index is -0.00238. The maximum Gasteiger partial charge on any atom is 0.246 e. The monoisotopic (exact) mass is 231 g/mol. The van der Waals surface area contributed by atoms with Crippen molar-refractivity contribution in [3.63, 3.8) is 0 Å². The Kier molecular flexibility index (Phi) is 4.93. The SMILES string of the molecule is CC(C)OCC(=O)NCC1(C)CCCS1. The van der Waals surface area contributed by atoms with Crippen molar-refractivity contribution in [2.24, 2.45) is 0 Å². The van der Waals surface area contributed by atoms with Gasteiger partial charge in [-0.1, -0.05) is 0 Å². The molecule has 1 atom stereocenters. The summed E-state index contributed by atoms with van der Waals surface area (Å²) < 4.78 is 5.48. The fourth-order valence-corrected chi connectivity index (χ4v) is 2.80. The number of amides is 1. The summed E-state index contributed by atoms with van der Waals surface area (Å²) in [5.41, 5.74) is 0. The molecule has 1 N–H and O–H groups in total. The van der Waals surface area contributed by atoms with Crippen LogP contribution in [0.4, 0.5) is 0 Å². The van der Waals surface area contributed by atoms with Crippen molar-refractivity contribution in [1.29, 1.82) is 0 Å². The van der Waals surface area contributed by atoms with Gasteiger partial charge in [-0.15, -0.1) is 0 Å². The minimum Gasteiger partial charge on any atom is -0.369 e. The molecule has 15 heavy (non-hydrogen) atoms. The summed E-state index contributed by atoms with van der Waals surface area (Å²) in [5, 5.41) is 2.94. The second-order valence-corrected chi connectivity index (χ2v) is 6.22. The van der Waals surface area contributed by atoms with Crippen molar-refractivity contribution in [3.05, 3.63) is 0 Å². The van der Waals surface area contributed by atoms with E-state index >= 15 is 0 Å². The molecule has 0 radical (unpaired) electrons. The Morgan fingerprint density at radius 2 is 2.33 bits per heavy atom. The van der Waals surface area contributed by atoms with Crippen LogP contribution in [0.5, 0.6) is 0 Å². The van der Waals surface area contributed by atoms with E-state index in [1.54, 1.807) is 0 Å². The van der Waals surface area contributed by atoms with Crippen molar-refractivity contribution in [2.45, 2.75) is 44.5 Å². The molecule has 1 rings (SSSR count). The highest BCUT2D eigenvalue weighted by Gasteiger charge is 2.29. The fourth-order valence-electron chi connectivity index (χ4n) is 1.56. The van der Waals surface area contributed by atoms with E-state index in [0.29, 0.717) is 0 Å².